The summed E-state index contributed by atoms with van der Waals surface area (Å²) in [5.41, 5.74) is 3.33. The Morgan fingerprint density at radius 3 is 2.54 bits per heavy atom. The molecule has 8 heteroatoms. The van der Waals surface area contributed by atoms with Crippen molar-refractivity contribution in [3.05, 3.63) is 75.8 Å². The lowest BCUT2D eigenvalue weighted by molar-refractivity contribution is -0.158. The smallest absolute Gasteiger partial charge is 0.394 e. The molecule has 2 heterocycles. The van der Waals surface area contributed by atoms with Gasteiger partial charge in [0, 0.05) is 59.3 Å². The lowest BCUT2D eigenvalue weighted by atomic mass is 9.83. The number of hydrogen-bond donors (Lipinski definition) is 1. The molecule has 1 amide bonds. The monoisotopic (exact) mass is 498 g/mol. The minimum absolute atomic E-state index is 0.00922. The molecule has 2 aromatic rings. The third-order valence-corrected chi connectivity index (χ3v) is 6.68. The highest BCUT2D eigenvalue weighted by Gasteiger charge is 2.36. The third-order valence-electron chi connectivity index (χ3n) is 5.75. The van der Waals surface area contributed by atoms with Crippen LogP contribution in [0.25, 0.3) is 17.2 Å². The Bertz CT molecular complexity index is 1280. The summed E-state index contributed by atoms with van der Waals surface area (Å²) in [6.07, 6.45) is -1.50. The quantitative estimate of drug-likeness (QED) is 0.519. The Labute approximate surface area is 208 Å². The van der Waals surface area contributed by atoms with Crippen LogP contribution in [0.1, 0.15) is 42.3 Å². The van der Waals surface area contributed by atoms with Crippen molar-refractivity contribution >= 4 is 23.7 Å². The van der Waals surface area contributed by atoms with Crippen LogP contribution in [0.5, 0.6) is 11.5 Å². The highest BCUT2D eigenvalue weighted by molar-refractivity contribution is 8.07. The summed E-state index contributed by atoms with van der Waals surface area (Å²) in [6.45, 7) is 13.0. The van der Waals surface area contributed by atoms with Crippen LogP contribution in [0.4, 0.5) is 8.78 Å². The van der Waals surface area contributed by atoms with Crippen molar-refractivity contribution in [2.24, 2.45) is 0 Å². The molecule has 0 saturated carbocycles. The van der Waals surface area contributed by atoms with Gasteiger partial charge >= 0.3 is 6.11 Å². The van der Waals surface area contributed by atoms with Gasteiger partial charge in [0.25, 0.3) is 5.91 Å². The molecule has 0 spiro atoms. The Kier molecular flexibility index (Phi) is 6.21. The fraction of sp³-hybridized carbons (Fsp3) is 0.296. The summed E-state index contributed by atoms with van der Waals surface area (Å²) < 4.78 is 39.1. The molecule has 184 valence electrons. The van der Waals surface area contributed by atoms with Gasteiger partial charge < -0.3 is 19.7 Å². The molecule has 0 unspecified atom stereocenters. The minimum atomic E-state index is -3.40. The molecule has 35 heavy (non-hydrogen) atoms. The second-order valence-corrected chi connectivity index (χ2v) is 10.7. The summed E-state index contributed by atoms with van der Waals surface area (Å²) in [5, 5.41) is 3.83. The van der Waals surface area contributed by atoms with Crippen LogP contribution in [0, 0.1) is 0 Å². The SMILES string of the molecule is C=C1NC(=C)/C(=C/c2ccc(OC(C)(F)F)c(-c3cc(C(=O)N(C)C)cc4c3OCC4(C)C)c2)S1. The number of rotatable bonds is 5. The third kappa shape index (κ3) is 5.07. The molecule has 2 aliphatic rings. The van der Waals surface area contributed by atoms with Gasteiger partial charge in [0.05, 0.1) is 11.6 Å². The van der Waals surface area contributed by atoms with E-state index in [1.165, 1.54) is 22.7 Å². The van der Waals surface area contributed by atoms with Gasteiger partial charge in [0.1, 0.15) is 11.5 Å². The van der Waals surface area contributed by atoms with Crippen molar-refractivity contribution in [2.75, 3.05) is 20.7 Å². The van der Waals surface area contributed by atoms with E-state index in [1.807, 2.05) is 26.0 Å². The molecule has 5 nitrogen and oxygen atoms in total. The van der Waals surface area contributed by atoms with E-state index in [-0.39, 0.29) is 17.1 Å². The van der Waals surface area contributed by atoms with E-state index in [0.29, 0.717) is 41.7 Å². The first kappa shape index (κ1) is 24.9. The van der Waals surface area contributed by atoms with Crippen LogP contribution in [-0.4, -0.2) is 37.6 Å². The Balaban J connectivity index is 1.95. The Morgan fingerprint density at radius 1 is 1.23 bits per heavy atom. The van der Waals surface area contributed by atoms with Crippen LogP contribution in [-0.2, 0) is 5.41 Å². The van der Waals surface area contributed by atoms with Crippen molar-refractivity contribution in [3.63, 3.8) is 0 Å². The Morgan fingerprint density at radius 2 is 1.94 bits per heavy atom. The molecule has 0 atom stereocenters. The second kappa shape index (κ2) is 8.75. The molecule has 0 radical (unpaired) electrons. The van der Waals surface area contributed by atoms with E-state index >= 15 is 0 Å². The molecule has 2 aromatic carbocycles. The predicted octanol–water partition coefficient (Wildman–Crippen LogP) is 6.38. The van der Waals surface area contributed by atoms with Gasteiger partial charge in [-0.05, 0) is 35.9 Å². The minimum Gasteiger partial charge on any atom is -0.492 e. The van der Waals surface area contributed by atoms with Gasteiger partial charge in [-0.3, -0.25) is 4.79 Å². The fourth-order valence-corrected chi connectivity index (χ4v) is 4.86. The summed E-state index contributed by atoms with van der Waals surface area (Å²) in [4.78, 5) is 15.3. The maximum absolute atomic E-state index is 14.0. The molecule has 1 fully saturated rings. The van der Waals surface area contributed by atoms with Crippen molar-refractivity contribution in [1.29, 1.82) is 0 Å². The second-order valence-electron chi connectivity index (χ2n) is 9.58. The van der Waals surface area contributed by atoms with Gasteiger partial charge in [0.2, 0.25) is 0 Å². The van der Waals surface area contributed by atoms with E-state index < -0.39 is 6.11 Å². The number of hydrogen-bond acceptors (Lipinski definition) is 5. The van der Waals surface area contributed by atoms with Gasteiger partial charge in [-0.15, -0.1) is 0 Å². The molecule has 4 rings (SSSR count). The molecule has 0 aliphatic carbocycles. The van der Waals surface area contributed by atoms with E-state index in [9.17, 15) is 13.6 Å². The number of amides is 1. The summed E-state index contributed by atoms with van der Waals surface area (Å²) in [7, 11) is 3.34. The van der Waals surface area contributed by atoms with Crippen molar-refractivity contribution < 1.29 is 23.0 Å². The highest BCUT2D eigenvalue weighted by atomic mass is 32.2. The summed E-state index contributed by atoms with van der Waals surface area (Å²) >= 11 is 1.44. The van der Waals surface area contributed by atoms with Crippen LogP contribution in [0.3, 0.4) is 0 Å². The normalized spacial score (nSPS) is 17.7. The maximum Gasteiger partial charge on any atom is 0.394 e. The summed E-state index contributed by atoms with van der Waals surface area (Å²) in [6, 6.07) is 8.48. The van der Waals surface area contributed by atoms with E-state index in [2.05, 4.69) is 18.5 Å². The van der Waals surface area contributed by atoms with Gasteiger partial charge in [-0.25, -0.2) is 0 Å². The number of nitrogens with one attached hydrogen (secondary N) is 1. The van der Waals surface area contributed by atoms with Gasteiger partial charge in [0.15, 0.2) is 0 Å². The zero-order chi connectivity index (χ0) is 25.7. The fourth-order valence-electron chi connectivity index (χ4n) is 4.05. The molecular weight excluding hydrogens is 470 g/mol. The predicted molar refractivity (Wildman–Crippen MR) is 137 cm³/mol. The van der Waals surface area contributed by atoms with Crippen LogP contribution in [0.2, 0.25) is 0 Å². The number of carbonyl (C=O) groups excluding carboxylic acids is 1. The number of fused-ring (bicyclic) bond motifs is 1. The average Bonchev–Trinajstić information content (AvgIpc) is 3.24. The van der Waals surface area contributed by atoms with Crippen molar-refractivity contribution in [1.82, 2.24) is 10.2 Å². The van der Waals surface area contributed by atoms with Crippen molar-refractivity contribution in [2.45, 2.75) is 32.3 Å². The van der Waals surface area contributed by atoms with Crippen LogP contribution >= 0.6 is 11.8 Å². The van der Waals surface area contributed by atoms with E-state index in [0.717, 1.165) is 21.1 Å². The van der Waals surface area contributed by atoms with Crippen LogP contribution < -0.4 is 14.8 Å². The number of nitrogens with zero attached hydrogens (tertiary/aromatic N) is 1. The summed E-state index contributed by atoms with van der Waals surface area (Å²) in [5.74, 6) is 0.362. The number of benzene rings is 2. The van der Waals surface area contributed by atoms with Crippen molar-refractivity contribution in [3.8, 4) is 22.6 Å². The average molecular weight is 499 g/mol. The number of thioether (sulfide) groups is 1. The topological polar surface area (TPSA) is 50.8 Å². The lowest BCUT2D eigenvalue weighted by Crippen LogP contribution is -2.23. The maximum atomic E-state index is 14.0. The molecule has 1 N–H and O–H groups in total. The van der Waals surface area contributed by atoms with Crippen LogP contribution in [0.15, 0.2) is 59.1 Å². The van der Waals surface area contributed by atoms with E-state index in [1.54, 1.807) is 32.3 Å². The number of alkyl halides is 2. The largest absolute Gasteiger partial charge is 0.492 e. The molecule has 0 aromatic heterocycles. The lowest BCUT2D eigenvalue weighted by Gasteiger charge is -2.21. The molecule has 1 saturated heterocycles. The molecule has 2 aliphatic heterocycles. The number of halogens is 2. The van der Waals surface area contributed by atoms with Gasteiger partial charge in [-0.1, -0.05) is 44.8 Å². The highest BCUT2D eigenvalue weighted by Crippen LogP contribution is 2.48. The van der Waals surface area contributed by atoms with E-state index in [4.69, 9.17) is 9.47 Å². The molecular formula is C27H28F2N2O3S. The first-order valence-electron chi connectivity index (χ1n) is 11.0. The molecule has 0 bridgehead atoms. The number of carbonyl (C=O) groups is 1. The van der Waals surface area contributed by atoms with Gasteiger partial charge in [-0.2, -0.15) is 8.78 Å². The standard InChI is InChI=1S/C27H28F2N2O3S/c1-15-23(35-16(2)30-15)11-17-8-9-22(34-27(5,28)29)19(10-17)20-12-18(25(32)31(6)7)13-21-24(20)33-14-26(21,3)4/h8-13,30H,1-2,14H2,3-7H3/b23-11-. The zero-order valence-electron chi connectivity index (χ0n) is 20.4. The zero-order valence-corrected chi connectivity index (χ0v) is 21.2. The first-order chi connectivity index (χ1) is 16.2. The first-order valence-corrected chi connectivity index (χ1v) is 11.9. The Hall–Kier alpha value is -3.26. The number of ether oxygens (including phenoxy) is 2.